The maximum Gasteiger partial charge on any atom is 0.0436 e. The third-order valence-corrected chi connectivity index (χ3v) is 5.29. The fourth-order valence-electron chi connectivity index (χ4n) is 3.74. The average molecular weight is 273 g/mol. The van der Waals surface area contributed by atoms with Crippen LogP contribution in [0.5, 0.6) is 0 Å². The molecule has 0 bridgehead atoms. The quantitative estimate of drug-likeness (QED) is 0.698. The van der Waals surface area contributed by atoms with E-state index in [9.17, 15) is 0 Å². The summed E-state index contributed by atoms with van der Waals surface area (Å²) < 4.78 is 0. The normalized spacial score (nSPS) is 22.6. The van der Waals surface area contributed by atoms with Crippen LogP contribution >= 0.6 is 0 Å². The van der Waals surface area contributed by atoms with Crippen molar-refractivity contribution >= 4 is 5.69 Å². The van der Waals surface area contributed by atoms with E-state index in [-0.39, 0.29) is 0 Å². The molecule has 1 aromatic rings. The summed E-state index contributed by atoms with van der Waals surface area (Å²) in [5, 5.41) is 0. The predicted octanol–water partition coefficient (Wildman–Crippen LogP) is 5.39. The molecule has 1 aromatic carbocycles. The Bertz CT molecular complexity index is 499. The number of hydrogen-bond donors (Lipinski definition) is 0. The molecule has 0 spiro atoms. The molecule has 0 saturated carbocycles. The van der Waals surface area contributed by atoms with Crippen molar-refractivity contribution in [2.45, 2.75) is 72.8 Å². The molecule has 0 fully saturated rings. The van der Waals surface area contributed by atoms with Gasteiger partial charge in [-0.25, -0.2) is 0 Å². The van der Waals surface area contributed by atoms with E-state index < -0.39 is 0 Å². The van der Waals surface area contributed by atoms with Gasteiger partial charge in [0.05, 0.1) is 0 Å². The van der Waals surface area contributed by atoms with Crippen LogP contribution < -0.4 is 4.90 Å². The molecule has 0 radical (unpaired) electrons. The lowest BCUT2D eigenvalue weighted by atomic mass is 9.74. The van der Waals surface area contributed by atoms with Crippen LogP contribution in [0, 0.1) is 19.8 Å². The van der Waals surface area contributed by atoms with Crippen molar-refractivity contribution in [2.24, 2.45) is 5.92 Å². The Morgan fingerprint density at radius 1 is 1.15 bits per heavy atom. The molecule has 1 unspecified atom stereocenters. The van der Waals surface area contributed by atoms with Crippen molar-refractivity contribution in [3.8, 4) is 0 Å². The van der Waals surface area contributed by atoms with Gasteiger partial charge in [0.2, 0.25) is 0 Å². The molecule has 1 heteroatoms. The smallest absolute Gasteiger partial charge is 0.0436 e. The summed E-state index contributed by atoms with van der Waals surface area (Å²) in [4.78, 5) is 2.52. The molecule has 112 valence electrons. The molecule has 0 amide bonds. The zero-order chi connectivity index (χ0) is 15.2. The molecule has 0 aliphatic carbocycles. The Morgan fingerprint density at radius 2 is 1.75 bits per heavy atom. The zero-order valence-corrected chi connectivity index (χ0v) is 14.5. The second-order valence-corrected chi connectivity index (χ2v) is 7.37. The molecule has 1 aliphatic rings. The Kier molecular flexibility index (Phi) is 4.18. The van der Waals surface area contributed by atoms with Crippen LogP contribution in [0.3, 0.4) is 0 Å². The molecule has 2 rings (SSSR count). The molecule has 1 nitrogen and oxygen atoms in total. The fourth-order valence-corrected chi connectivity index (χ4v) is 3.74. The largest absolute Gasteiger partial charge is 0.371 e. The van der Waals surface area contributed by atoms with Crippen LogP contribution in [0.1, 0.15) is 75.1 Å². The highest BCUT2D eigenvalue weighted by Gasteiger charge is 2.34. The Hall–Kier alpha value is -0.980. The maximum absolute atomic E-state index is 2.52. The van der Waals surface area contributed by atoms with Gasteiger partial charge in [0.1, 0.15) is 0 Å². The van der Waals surface area contributed by atoms with E-state index in [0.29, 0.717) is 23.8 Å². The molecule has 1 aliphatic heterocycles. The molecule has 0 aromatic heterocycles. The topological polar surface area (TPSA) is 3.24 Å². The fraction of sp³-hybridized carbons (Fsp3) is 0.684. The van der Waals surface area contributed by atoms with Gasteiger partial charge in [0.25, 0.3) is 0 Å². The molecule has 20 heavy (non-hydrogen) atoms. The van der Waals surface area contributed by atoms with Gasteiger partial charge in [0.15, 0.2) is 0 Å². The van der Waals surface area contributed by atoms with E-state index in [2.05, 4.69) is 66.5 Å². The van der Waals surface area contributed by atoms with Crippen LogP contribution in [-0.2, 0) is 0 Å². The summed E-state index contributed by atoms with van der Waals surface area (Å²) in [5.74, 6) is 2.02. The van der Waals surface area contributed by atoms with Crippen molar-refractivity contribution in [1.82, 2.24) is 0 Å². The van der Waals surface area contributed by atoms with Crippen molar-refractivity contribution in [1.29, 1.82) is 0 Å². The highest BCUT2D eigenvalue weighted by atomic mass is 15.1. The van der Waals surface area contributed by atoms with Crippen molar-refractivity contribution < 1.29 is 0 Å². The van der Waals surface area contributed by atoms with E-state index in [1.807, 2.05) is 0 Å². The molecule has 0 saturated heterocycles. The zero-order valence-electron chi connectivity index (χ0n) is 14.5. The number of aryl methyl sites for hydroxylation is 1. The predicted molar refractivity (Wildman–Crippen MR) is 90.1 cm³/mol. The van der Waals surface area contributed by atoms with E-state index in [1.165, 1.54) is 23.2 Å². The summed E-state index contributed by atoms with van der Waals surface area (Å²) >= 11 is 0. The highest BCUT2D eigenvalue weighted by molar-refractivity contribution is 5.68. The number of nitrogens with zero attached hydrogens (tertiary/aromatic N) is 1. The lowest BCUT2D eigenvalue weighted by Crippen LogP contribution is -2.38. The van der Waals surface area contributed by atoms with Gasteiger partial charge in [-0.3, -0.25) is 0 Å². The molecule has 1 heterocycles. The van der Waals surface area contributed by atoms with Gasteiger partial charge in [-0.05, 0) is 67.2 Å². The Labute approximate surface area is 125 Å². The minimum atomic E-state index is 0.603. The van der Waals surface area contributed by atoms with E-state index >= 15 is 0 Å². The minimum absolute atomic E-state index is 0.603. The standard InChI is InChI=1S/C19H31N/c1-11(2)16-9-13(5)15(7)19-18(16)17(12(3)4)10-14(6)20(19)8/h9,11-12,14,17H,10H2,1-8H3/t14-,17?/m0/s1. The first-order valence-electron chi connectivity index (χ1n) is 8.12. The highest BCUT2D eigenvalue weighted by Crippen LogP contribution is 2.47. The lowest BCUT2D eigenvalue weighted by Gasteiger charge is -2.43. The SMILES string of the molecule is Cc1cc(C(C)C)c2c(c1C)N(C)[C@@H](C)CC2C(C)C. The van der Waals surface area contributed by atoms with Crippen LogP contribution in [0.4, 0.5) is 5.69 Å². The van der Waals surface area contributed by atoms with Gasteiger partial charge in [-0.2, -0.15) is 0 Å². The van der Waals surface area contributed by atoms with Crippen molar-refractivity contribution in [3.63, 3.8) is 0 Å². The Balaban J connectivity index is 2.76. The first-order chi connectivity index (χ1) is 9.25. The summed E-state index contributed by atoms with van der Waals surface area (Å²) in [6, 6.07) is 3.08. The number of benzene rings is 1. The molecular formula is C19H31N. The monoisotopic (exact) mass is 273 g/mol. The third kappa shape index (κ3) is 2.36. The van der Waals surface area contributed by atoms with Crippen molar-refractivity contribution in [3.05, 3.63) is 28.3 Å². The second kappa shape index (κ2) is 5.42. The van der Waals surface area contributed by atoms with Gasteiger partial charge in [-0.15, -0.1) is 0 Å². The third-order valence-electron chi connectivity index (χ3n) is 5.29. The van der Waals surface area contributed by atoms with Crippen LogP contribution in [0.2, 0.25) is 0 Å². The van der Waals surface area contributed by atoms with Gasteiger partial charge in [-0.1, -0.05) is 33.8 Å². The molecule has 2 atom stereocenters. The summed E-state index contributed by atoms with van der Waals surface area (Å²) in [6.07, 6.45) is 1.28. The van der Waals surface area contributed by atoms with Gasteiger partial charge >= 0.3 is 0 Å². The van der Waals surface area contributed by atoms with Gasteiger partial charge < -0.3 is 4.90 Å². The van der Waals surface area contributed by atoms with Crippen LogP contribution in [0.15, 0.2) is 6.07 Å². The summed E-state index contributed by atoms with van der Waals surface area (Å²) in [6.45, 7) is 16.4. The number of rotatable bonds is 2. The second-order valence-electron chi connectivity index (χ2n) is 7.37. The molecule has 0 N–H and O–H groups in total. The molecular weight excluding hydrogens is 242 g/mol. The minimum Gasteiger partial charge on any atom is -0.371 e. The Morgan fingerprint density at radius 3 is 2.25 bits per heavy atom. The maximum atomic E-state index is 2.52. The summed E-state index contributed by atoms with van der Waals surface area (Å²) in [7, 11) is 2.27. The number of anilines is 1. The first-order valence-corrected chi connectivity index (χ1v) is 8.12. The van der Waals surface area contributed by atoms with Crippen LogP contribution in [0.25, 0.3) is 0 Å². The number of hydrogen-bond acceptors (Lipinski definition) is 1. The van der Waals surface area contributed by atoms with E-state index in [4.69, 9.17) is 0 Å². The summed E-state index contributed by atoms with van der Waals surface area (Å²) in [5.41, 5.74) is 7.64. The van der Waals surface area contributed by atoms with E-state index in [0.717, 1.165) is 0 Å². The van der Waals surface area contributed by atoms with E-state index in [1.54, 1.807) is 11.1 Å². The van der Waals surface area contributed by atoms with Crippen molar-refractivity contribution in [2.75, 3.05) is 11.9 Å². The lowest BCUT2D eigenvalue weighted by molar-refractivity contribution is 0.408. The van der Waals surface area contributed by atoms with Crippen LogP contribution in [-0.4, -0.2) is 13.1 Å². The average Bonchev–Trinajstić information content (AvgIpc) is 2.36. The first kappa shape index (κ1) is 15.4. The number of fused-ring (bicyclic) bond motifs is 1. The van der Waals surface area contributed by atoms with Gasteiger partial charge in [0, 0.05) is 18.8 Å².